The molecule has 0 amide bonds. The van der Waals surface area contributed by atoms with Crippen molar-refractivity contribution in [1.82, 2.24) is 15.0 Å². The minimum Gasteiger partial charge on any atom is -0.357 e. The molecule has 0 aliphatic heterocycles. The fraction of sp³-hybridized carbons (Fsp3) is 0.357. The monoisotopic (exact) mass is 294 g/mol. The molecule has 0 radical (unpaired) electrons. The Labute approximate surface area is 119 Å². The highest BCUT2D eigenvalue weighted by Crippen LogP contribution is 2.38. The molecule has 0 saturated carbocycles. The fourth-order valence-corrected chi connectivity index (χ4v) is 2.60. The van der Waals surface area contributed by atoms with Crippen LogP contribution in [-0.2, 0) is 12.6 Å². The van der Waals surface area contributed by atoms with Gasteiger partial charge in [-0.05, 0) is 30.5 Å². The van der Waals surface area contributed by atoms with E-state index in [9.17, 15) is 13.2 Å². The van der Waals surface area contributed by atoms with Crippen LogP contribution in [0.1, 0.15) is 35.0 Å². The lowest BCUT2D eigenvalue weighted by atomic mass is 10.0. The summed E-state index contributed by atoms with van der Waals surface area (Å²) < 4.78 is 38.8. The van der Waals surface area contributed by atoms with Gasteiger partial charge in [0.05, 0.1) is 11.4 Å². The highest BCUT2D eigenvalue weighted by atomic mass is 19.4. The number of pyridine rings is 1. The lowest BCUT2D eigenvalue weighted by molar-refractivity contribution is -0.141. The number of hydrogen-bond donors (Lipinski definition) is 1. The maximum absolute atomic E-state index is 12.9. The summed E-state index contributed by atoms with van der Waals surface area (Å²) in [6, 6.07) is 4.81. The van der Waals surface area contributed by atoms with Gasteiger partial charge >= 0.3 is 6.18 Å². The number of alkyl halides is 3. The summed E-state index contributed by atoms with van der Waals surface area (Å²) in [5, 5.41) is 2.58. The highest BCUT2D eigenvalue weighted by molar-refractivity contribution is 5.38. The number of nitrogens with zero attached hydrogens (tertiary/aromatic N) is 3. The van der Waals surface area contributed by atoms with Crippen molar-refractivity contribution >= 4 is 5.95 Å². The van der Waals surface area contributed by atoms with Crippen LogP contribution in [0.2, 0.25) is 0 Å². The molecular weight excluding hydrogens is 281 g/mol. The molecule has 1 N–H and O–H groups in total. The van der Waals surface area contributed by atoms with E-state index >= 15 is 0 Å². The molecule has 1 aliphatic carbocycles. The van der Waals surface area contributed by atoms with E-state index in [0.29, 0.717) is 12.1 Å². The lowest BCUT2D eigenvalue weighted by Gasteiger charge is -2.14. The van der Waals surface area contributed by atoms with Crippen LogP contribution < -0.4 is 5.32 Å². The van der Waals surface area contributed by atoms with Gasteiger partial charge < -0.3 is 5.32 Å². The summed E-state index contributed by atoms with van der Waals surface area (Å²) in [4.78, 5) is 12.0. The van der Waals surface area contributed by atoms with Crippen LogP contribution in [0.5, 0.6) is 0 Å². The number of anilines is 1. The van der Waals surface area contributed by atoms with Crippen LogP contribution in [0.3, 0.4) is 0 Å². The third-order valence-corrected chi connectivity index (χ3v) is 3.58. The Kier molecular flexibility index (Phi) is 3.27. The standard InChI is InChI=1S/C14H13F3N4/c1-18-13-20-10(7-11(21-13)14(15,16)17)9-5-4-8-3-2-6-19-12(8)9/h2-3,6-7,9H,4-5H2,1H3,(H,18,20,21). The maximum atomic E-state index is 12.9. The summed E-state index contributed by atoms with van der Waals surface area (Å²) >= 11 is 0. The quantitative estimate of drug-likeness (QED) is 0.925. The number of halogens is 3. The second kappa shape index (κ2) is 4.98. The molecule has 2 aromatic heterocycles. The van der Waals surface area contributed by atoms with E-state index in [4.69, 9.17) is 0 Å². The van der Waals surface area contributed by atoms with E-state index in [1.807, 2.05) is 12.1 Å². The molecule has 110 valence electrons. The average molecular weight is 294 g/mol. The van der Waals surface area contributed by atoms with E-state index in [-0.39, 0.29) is 11.9 Å². The zero-order valence-corrected chi connectivity index (χ0v) is 11.3. The third-order valence-electron chi connectivity index (χ3n) is 3.58. The van der Waals surface area contributed by atoms with E-state index in [1.54, 1.807) is 6.20 Å². The first kappa shape index (κ1) is 13.8. The lowest BCUT2D eigenvalue weighted by Crippen LogP contribution is -2.14. The van der Waals surface area contributed by atoms with Crippen molar-refractivity contribution in [3.8, 4) is 0 Å². The van der Waals surface area contributed by atoms with Crippen molar-refractivity contribution in [1.29, 1.82) is 0 Å². The van der Waals surface area contributed by atoms with Crippen molar-refractivity contribution < 1.29 is 13.2 Å². The van der Waals surface area contributed by atoms with Crippen LogP contribution >= 0.6 is 0 Å². The van der Waals surface area contributed by atoms with Gasteiger partial charge in [0.15, 0.2) is 0 Å². The number of aromatic nitrogens is 3. The van der Waals surface area contributed by atoms with Crippen LogP contribution in [0.25, 0.3) is 0 Å². The van der Waals surface area contributed by atoms with E-state index in [0.717, 1.165) is 23.7 Å². The smallest absolute Gasteiger partial charge is 0.357 e. The molecule has 0 spiro atoms. The van der Waals surface area contributed by atoms with E-state index < -0.39 is 11.9 Å². The van der Waals surface area contributed by atoms with E-state index in [2.05, 4.69) is 20.3 Å². The first-order valence-electron chi connectivity index (χ1n) is 6.57. The van der Waals surface area contributed by atoms with Gasteiger partial charge in [-0.2, -0.15) is 13.2 Å². The molecular formula is C14H13F3N4. The Morgan fingerprint density at radius 3 is 2.81 bits per heavy atom. The van der Waals surface area contributed by atoms with Gasteiger partial charge in [0.2, 0.25) is 5.95 Å². The first-order chi connectivity index (χ1) is 9.99. The molecule has 21 heavy (non-hydrogen) atoms. The Hall–Kier alpha value is -2.18. The first-order valence-corrected chi connectivity index (χ1v) is 6.57. The maximum Gasteiger partial charge on any atom is 0.433 e. The van der Waals surface area contributed by atoms with Gasteiger partial charge in [0, 0.05) is 19.2 Å². The van der Waals surface area contributed by atoms with Crippen LogP contribution in [0, 0.1) is 0 Å². The topological polar surface area (TPSA) is 50.7 Å². The number of hydrogen-bond acceptors (Lipinski definition) is 4. The second-order valence-electron chi connectivity index (χ2n) is 4.89. The molecule has 0 saturated heterocycles. The third kappa shape index (κ3) is 2.55. The molecule has 3 rings (SSSR count). The number of rotatable bonds is 2. The predicted octanol–water partition coefficient (Wildman–Crippen LogP) is 3.01. The van der Waals surface area contributed by atoms with Gasteiger partial charge in [-0.3, -0.25) is 4.98 Å². The summed E-state index contributed by atoms with van der Waals surface area (Å²) in [7, 11) is 1.50. The number of fused-ring (bicyclic) bond motifs is 1. The molecule has 7 heteroatoms. The normalized spacial score (nSPS) is 17.6. The Morgan fingerprint density at radius 2 is 2.10 bits per heavy atom. The van der Waals surface area contributed by atoms with Gasteiger partial charge in [0.1, 0.15) is 5.69 Å². The molecule has 1 aliphatic rings. The molecule has 0 aromatic carbocycles. The molecule has 0 bridgehead atoms. The van der Waals surface area contributed by atoms with Crippen molar-refractivity contribution in [2.45, 2.75) is 24.9 Å². The van der Waals surface area contributed by atoms with Crippen LogP contribution in [0.4, 0.5) is 19.1 Å². The molecule has 2 heterocycles. The average Bonchev–Trinajstić information content (AvgIpc) is 2.89. The minimum absolute atomic E-state index is 0.0239. The zero-order chi connectivity index (χ0) is 15.0. The molecule has 1 unspecified atom stereocenters. The summed E-state index contributed by atoms with van der Waals surface area (Å²) in [6.45, 7) is 0. The van der Waals surface area contributed by atoms with Gasteiger partial charge in [-0.1, -0.05) is 6.07 Å². The van der Waals surface area contributed by atoms with Gasteiger partial charge in [0.25, 0.3) is 0 Å². The van der Waals surface area contributed by atoms with Crippen molar-refractivity contribution in [2.75, 3.05) is 12.4 Å². The number of aryl methyl sites for hydroxylation is 1. The summed E-state index contributed by atoms with van der Waals surface area (Å²) in [5.74, 6) is -0.235. The highest BCUT2D eigenvalue weighted by Gasteiger charge is 2.35. The molecule has 2 aromatic rings. The SMILES string of the molecule is CNc1nc(C2CCc3cccnc32)cc(C(F)(F)F)n1. The molecule has 0 fully saturated rings. The summed E-state index contributed by atoms with van der Waals surface area (Å²) in [5.41, 5.74) is 1.31. The van der Waals surface area contributed by atoms with Gasteiger partial charge in [-0.25, -0.2) is 9.97 Å². The molecule has 4 nitrogen and oxygen atoms in total. The second-order valence-corrected chi connectivity index (χ2v) is 4.89. The van der Waals surface area contributed by atoms with Crippen LogP contribution in [0.15, 0.2) is 24.4 Å². The van der Waals surface area contributed by atoms with Crippen molar-refractivity contribution in [3.05, 3.63) is 47.0 Å². The van der Waals surface area contributed by atoms with Gasteiger partial charge in [-0.15, -0.1) is 0 Å². The van der Waals surface area contributed by atoms with E-state index in [1.165, 1.54) is 7.05 Å². The fourth-order valence-electron chi connectivity index (χ4n) is 2.60. The summed E-state index contributed by atoms with van der Waals surface area (Å²) in [6.07, 6.45) is -1.32. The van der Waals surface area contributed by atoms with Crippen LogP contribution in [-0.4, -0.2) is 22.0 Å². The number of nitrogens with one attached hydrogen (secondary N) is 1. The molecule has 1 atom stereocenters. The predicted molar refractivity (Wildman–Crippen MR) is 71.0 cm³/mol. The minimum atomic E-state index is -4.49. The Morgan fingerprint density at radius 1 is 1.29 bits per heavy atom. The largest absolute Gasteiger partial charge is 0.433 e. The van der Waals surface area contributed by atoms with Crippen molar-refractivity contribution in [2.24, 2.45) is 0 Å². The van der Waals surface area contributed by atoms with Crippen molar-refractivity contribution in [3.63, 3.8) is 0 Å². The Bertz CT molecular complexity index is 670. The Balaban J connectivity index is 2.07. The zero-order valence-electron chi connectivity index (χ0n) is 11.3.